The topological polar surface area (TPSA) is 12.0 Å². The first kappa shape index (κ1) is 18.9. The van der Waals surface area contributed by atoms with Crippen LogP contribution in [0.5, 0.6) is 0 Å². The Balaban J connectivity index is 2.55. The maximum Gasteiger partial charge on any atom is 0.127 e. The zero-order valence-electron chi connectivity index (χ0n) is 13.6. The predicted octanol–water partition coefficient (Wildman–Crippen LogP) is 5.98. The van der Waals surface area contributed by atoms with Gasteiger partial charge in [0.05, 0.1) is 5.02 Å². The van der Waals surface area contributed by atoms with Crippen LogP contribution in [0.4, 0.5) is 4.39 Å². The molecule has 0 aliphatic carbocycles. The third kappa shape index (κ3) is 7.12. The Hall–Kier alpha value is -0.120. The molecular weight excluding hydrogens is 353 g/mol. The summed E-state index contributed by atoms with van der Waals surface area (Å²) in [6.07, 6.45) is 2.71. The van der Waals surface area contributed by atoms with Gasteiger partial charge in [0.25, 0.3) is 0 Å². The van der Waals surface area contributed by atoms with Crippen LogP contribution >= 0.6 is 27.5 Å². The SMILES string of the molecule is CC(C)(CCNC(C)(C)C)CCc1cc(Cl)c(Br)cc1F. The predicted molar refractivity (Wildman–Crippen MR) is 93.6 cm³/mol. The molecule has 0 spiro atoms. The fourth-order valence-electron chi connectivity index (χ4n) is 2.13. The Kier molecular flexibility index (Phi) is 6.70. The molecule has 1 N–H and O–H groups in total. The second-order valence-corrected chi connectivity index (χ2v) is 8.71. The molecular formula is C17H26BrClFN. The van der Waals surface area contributed by atoms with Crippen molar-refractivity contribution in [1.29, 1.82) is 0 Å². The normalized spacial score (nSPS) is 12.8. The van der Waals surface area contributed by atoms with Crippen molar-refractivity contribution in [2.75, 3.05) is 6.54 Å². The van der Waals surface area contributed by atoms with Crippen molar-refractivity contribution >= 4 is 27.5 Å². The molecule has 0 saturated carbocycles. The van der Waals surface area contributed by atoms with Gasteiger partial charge in [-0.3, -0.25) is 0 Å². The van der Waals surface area contributed by atoms with Gasteiger partial charge in [-0.2, -0.15) is 0 Å². The monoisotopic (exact) mass is 377 g/mol. The number of nitrogens with one attached hydrogen (secondary N) is 1. The van der Waals surface area contributed by atoms with Crippen molar-refractivity contribution in [2.24, 2.45) is 5.41 Å². The lowest BCUT2D eigenvalue weighted by Crippen LogP contribution is -2.38. The van der Waals surface area contributed by atoms with Gasteiger partial charge in [-0.15, -0.1) is 0 Å². The van der Waals surface area contributed by atoms with Gasteiger partial charge in [0.2, 0.25) is 0 Å². The van der Waals surface area contributed by atoms with Crippen LogP contribution in [-0.4, -0.2) is 12.1 Å². The van der Waals surface area contributed by atoms with Crippen LogP contribution in [0.2, 0.25) is 5.02 Å². The molecule has 0 amide bonds. The van der Waals surface area contributed by atoms with Crippen molar-refractivity contribution in [3.8, 4) is 0 Å². The quantitative estimate of drug-likeness (QED) is 0.600. The van der Waals surface area contributed by atoms with Gasteiger partial charge in [-0.1, -0.05) is 25.4 Å². The van der Waals surface area contributed by atoms with Gasteiger partial charge in [0.15, 0.2) is 0 Å². The zero-order valence-corrected chi connectivity index (χ0v) is 16.0. The highest BCUT2D eigenvalue weighted by molar-refractivity contribution is 9.10. The number of hydrogen-bond donors (Lipinski definition) is 1. The molecule has 1 rings (SSSR count). The Morgan fingerprint density at radius 1 is 1.14 bits per heavy atom. The largest absolute Gasteiger partial charge is 0.312 e. The number of aryl methyl sites for hydroxylation is 1. The molecule has 120 valence electrons. The van der Waals surface area contributed by atoms with Crippen LogP contribution < -0.4 is 5.32 Å². The molecule has 0 bridgehead atoms. The van der Waals surface area contributed by atoms with Gasteiger partial charge < -0.3 is 5.32 Å². The molecule has 1 aromatic carbocycles. The molecule has 0 aliphatic heterocycles. The van der Waals surface area contributed by atoms with Gasteiger partial charge in [0, 0.05) is 10.0 Å². The summed E-state index contributed by atoms with van der Waals surface area (Å²) in [5.41, 5.74) is 1.01. The van der Waals surface area contributed by atoms with Crippen LogP contribution in [0.1, 0.15) is 53.0 Å². The lowest BCUT2D eigenvalue weighted by atomic mass is 9.83. The summed E-state index contributed by atoms with van der Waals surface area (Å²) in [4.78, 5) is 0. The molecule has 0 saturated heterocycles. The number of rotatable bonds is 6. The maximum atomic E-state index is 13.9. The molecule has 0 atom stereocenters. The second kappa shape index (κ2) is 7.43. The van der Waals surface area contributed by atoms with Crippen LogP contribution in [0.25, 0.3) is 0 Å². The highest BCUT2D eigenvalue weighted by atomic mass is 79.9. The molecule has 21 heavy (non-hydrogen) atoms. The van der Waals surface area contributed by atoms with E-state index >= 15 is 0 Å². The molecule has 0 fully saturated rings. The van der Waals surface area contributed by atoms with Crippen molar-refractivity contribution < 1.29 is 4.39 Å². The third-order valence-electron chi connectivity index (χ3n) is 3.62. The summed E-state index contributed by atoms with van der Waals surface area (Å²) in [6.45, 7) is 11.9. The van der Waals surface area contributed by atoms with Crippen molar-refractivity contribution in [3.63, 3.8) is 0 Å². The Labute approximate surface area is 141 Å². The summed E-state index contributed by atoms with van der Waals surface area (Å²) >= 11 is 9.29. The van der Waals surface area contributed by atoms with E-state index in [1.54, 1.807) is 6.07 Å². The Morgan fingerprint density at radius 3 is 2.33 bits per heavy atom. The molecule has 4 heteroatoms. The lowest BCUT2D eigenvalue weighted by molar-refractivity contribution is 0.283. The number of benzene rings is 1. The molecule has 0 radical (unpaired) electrons. The first-order chi connectivity index (χ1) is 9.50. The van der Waals surface area contributed by atoms with Gasteiger partial charge in [0.1, 0.15) is 5.82 Å². The van der Waals surface area contributed by atoms with Crippen molar-refractivity contribution in [2.45, 2.75) is 59.4 Å². The van der Waals surface area contributed by atoms with E-state index in [0.29, 0.717) is 21.5 Å². The average molecular weight is 379 g/mol. The lowest BCUT2D eigenvalue weighted by Gasteiger charge is -2.28. The van der Waals surface area contributed by atoms with Gasteiger partial charge in [-0.25, -0.2) is 4.39 Å². The highest BCUT2D eigenvalue weighted by Crippen LogP contribution is 2.30. The summed E-state index contributed by atoms with van der Waals surface area (Å²) in [7, 11) is 0. The van der Waals surface area contributed by atoms with Crippen LogP contribution in [0.15, 0.2) is 16.6 Å². The van der Waals surface area contributed by atoms with E-state index < -0.39 is 0 Å². The third-order valence-corrected chi connectivity index (χ3v) is 4.81. The van der Waals surface area contributed by atoms with E-state index in [1.165, 1.54) is 6.07 Å². The van der Waals surface area contributed by atoms with E-state index in [4.69, 9.17) is 11.6 Å². The summed E-state index contributed by atoms with van der Waals surface area (Å²) in [6, 6.07) is 3.18. The number of halogens is 3. The smallest absolute Gasteiger partial charge is 0.127 e. The standard InChI is InChI=1S/C17H26BrClFN/c1-16(2,3)21-9-8-17(4,5)7-6-12-10-14(19)13(18)11-15(12)20/h10-11,21H,6-9H2,1-5H3. The van der Waals surface area contributed by atoms with Crippen molar-refractivity contribution in [1.82, 2.24) is 5.32 Å². The van der Waals surface area contributed by atoms with Gasteiger partial charge >= 0.3 is 0 Å². The van der Waals surface area contributed by atoms with Crippen LogP contribution in [0.3, 0.4) is 0 Å². The fraction of sp³-hybridized carbons (Fsp3) is 0.647. The first-order valence-electron chi connectivity index (χ1n) is 7.39. The van der Waals surface area contributed by atoms with Crippen molar-refractivity contribution in [3.05, 3.63) is 33.0 Å². The summed E-state index contributed by atoms with van der Waals surface area (Å²) in [5, 5.41) is 4.07. The van der Waals surface area contributed by atoms with E-state index in [1.807, 2.05) is 0 Å². The Morgan fingerprint density at radius 2 is 1.76 bits per heavy atom. The summed E-state index contributed by atoms with van der Waals surface area (Å²) < 4.78 is 14.5. The van der Waals surface area contributed by atoms with E-state index in [0.717, 1.165) is 19.4 Å². The first-order valence-corrected chi connectivity index (χ1v) is 8.56. The zero-order chi connectivity index (χ0) is 16.3. The van der Waals surface area contributed by atoms with Gasteiger partial charge in [-0.05, 0) is 85.6 Å². The van der Waals surface area contributed by atoms with E-state index in [9.17, 15) is 4.39 Å². The second-order valence-electron chi connectivity index (χ2n) is 7.45. The molecule has 1 nitrogen and oxygen atoms in total. The summed E-state index contributed by atoms with van der Waals surface area (Å²) in [5.74, 6) is -0.185. The minimum atomic E-state index is -0.185. The molecule has 0 aromatic heterocycles. The van der Waals surface area contributed by atoms with Crippen LogP contribution in [-0.2, 0) is 6.42 Å². The van der Waals surface area contributed by atoms with E-state index in [2.05, 4.69) is 55.9 Å². The average Bonchev–Trinajstić information content (AvgIpc) is 2.30. The Bertz CT molecular complexity index is 480. The molecule has 0 heterocycles. The molecule has 1 aromatic rings. The highest BCUT2D eigenvalue weighted by Gasteiger charge is 2.20. The fourth-order valence-corrected chi connectivity index (χ4v) is 2.63. The minimum Gasteiger partial charge on any atom is -0.312 e. The maximum absolute atomic E-state index is 13.9. The molecule has 0 aliphatic rings. The van der Waals surface area contributed by atoms with E-state index in [-0.39, 0.29) is 16.8 Å². The van der Waals surface area contributed by atoms with Crippen LogP contribution in [0, 0.1) is 11.2 Å². The number of hydrogen-bond acceptors (Lipinski definition) is 1. The molecule has 0 unspecified atom stereocenters. The minimum absolute atomic E-state index is 0.140.